The van der Waals surface area contributed by atoms with Crippen LogP contribution in [0.3, 0.4) is 0 Å². The fraction of sp³-hybridized carbons (Fsp3) is 0.438. The fourth-order valence-corrected chi connectivity index (χ4v) is 2.36. The number of aromatic nitrogens is 2. The number of methoxy groups -OCH3 is 1. The molecule has 1 aromatic heterocycles. The fourth-order valence-electron chi connectivity index (χ4n) is 2.36. The molecule has 1 atom stereocenters. The lowest BCUT2D eigenvalue weighted by Gasteiger charge is -2.14. The van der Waals surface area contributed by atoms with Gasteiger partial charge in [-0.05, 0) is 48.4 Å². The number of aliphatic hydroxyl groups is 1. The molecule has 1 aromatic carbocycles. The van der Waals surface area contributed by atoms with Gasteiger partial charge in [0.25, 0.3) is 0 Å². The van der Waals surface area contributed by atoms with Gasteiger partial charge in [-0.3, -0.25) is 4.68 Å². The maximum atomic E-state index is 9.54. The normalized spacial score (nSPS) is 12.3. The first-order chi connectivity index (χ1) is 9.71. The third-order valence-corrected chi connectivity index (χ3v) is 3.52. The minimum Gasteiger partial charge on any atom is -0.497 e. The molecule has 0 saturated carbocycles. The summed E-state index contributed by atoms with van der Waals surface area (Å²) >= 11 is 0. The summed E-state index contributed by atoms with van der Waals surface area (Å²) in [5, 5.41) is 13.7. The van der Waals surface area contributed by atoms with E-state index in [9.17, 15) is 5.11 Å². The number of benzene rings is 1. The van der Waals surface area contributed by atoms with Crippen molar-refractivity contribution in [3.63, 3.8) is 0 Å². The highest BCUT2D eigenvalue weighted by molar-refractivity contribution is 5.28. The Morgan fingerprint density at radius 3 is 2.85 bits per heavy atom. The van der Waals surface area contributed by atoms with E-state index in [0.717, 1.165) is 25.0 Å². The van der Waals surface area contributed by atoms with Crippen LogP contribution in [-0.4, -0.2) is 28.6 Å². The molecule has 0 bridgehead atoms. The molecule has 0 radical (unpaired) electrons. The molecule has 1 unspecified atom stereocenters. The number of nitrogens with zero attached hydrogens (tertiary/aromatic N) is 2. The molecule has 20 heavy (non-hydrogen) atoms. The van der Waals surface area contributed by atoms with Gasteiger partial charge in [0.15, 0.2) is 0 Å². The molecule has 0 spiro atoms. The van der Waals surface area contributed by atoms with Crippen LogP contribution in [0.2, 0.25) is 0 Å². The number of ether oxygens (including phenoxy) is 1. The first-order valence-corrected chi connectivity index (χ1v) is 6.92. The van der Waals surface area contributed by atoms with Crippen molar-refractivity contribution in [1.29, 1.82) is 0 Å². The Balaban J connectivity index is 1.91. The summed E-state index contributed by atoms with van der Waals surface area (Å²) < 4.78 is 7.04. The molecule has 0 aliphatic rings. The monoisotopic (exact) mass is 274 g/mol. The van der Waals surface area contributed by atoms with E-state index in [2.05, 4.69) is 11.2 Å². The van der Waals surface area contributed by atoms with Gasteiger partial charge in [0.2, 0.25) is 0 Å². The molecule has 0 fully saturated rings. The number of rotatable bonds is 7. The summed E-state index contributed by atoms with van der Waals surface area (Å²) in [6.07, 6.45) is 6.69. The molecule has 108 valence electrons. The minimum atomic E-state index is 0.206. The predicted molar refractivity (Wildman–Crippen MR) is 78.8 cm³/mol. The summed E-state index contributed by atoms with van der Waals surface area (Å²) in [6.45, 7) is 0.206. The first kappa shape index (κ1) is 14.6. The topological polar surface area (TPSA) is 47.3 Å². The van der Waals surface area contributed by atoms with Crippen LogP contribution in [0.5, 0.6) is 5.75 Å². The van der Waals surface area contributed by atoms with Crippen LogP contribution in [0.15, 0.2) is 36.7 Å². The van der Waals surface area contributed by atoms with Gasteiger partial charge in [-0.25, -0.2) is 0 Å². The van der Waals surface area contributed by atoms with Gasteiger partial charge in [0.1, 0.15) is 5.75 Å². The highest BCUT2D eigenvalue weighted by atomic mass is 16.5. The highest BCUT2D eigenvalue weighted by Crippen LogP contribution is 2.19. The van der Waals surface area contributed by atoms with Crippen molar-refractivity contribution in [1.82, 2.24) is 9.78 Å². The van der Waals surface area contributed by atoms with E-state index < -0.39 is 0 Å². The van der Waals surface area contributed by atoms with Gasteiger partial charge in [0.05, 0.1) is 13.3 Å². The minimum absolute atomic E-state index is 0.206. The molecular formula is C16H22N2O2. The Morgan fingerprint density at radius 2 is 2.20 bits per heavy atom. The zero-order chi connectivity index (χ0) is 14.4. The van der Waals surface area contributed by atoms with Crippen molar-refractivity contribution < 1.29 is 9.84 Å². The van der Waals surface area contributed by atoms with Gasteiger partial charge >= 0.3 is 0 Å². The Hall–Kier alpha value is -1.81. The van der Waals surface area contributed by atoms with Crippen molar-refractivity contribution in [2.75, 3.05) is 13.7 Å². The van der Waals surface area contributed by atoms with Crippen LogP contribution >= 0.6 is 0 Å². The largest absolute Gasteiger partial charge is 0.497 e. The second-order valence-electron chi connectivity index (χ2n) is 5.17. The van der Waals surface area contributed by atoms with Crippen LogP contribution in [0.25, 0.3) is 0 Å². The van der Waals surface area contributed by atoms with E-state index in [1.807, 2.05) is 42.3 Å². The number of aliphatic hydroxyl groups excluding tert-OH is 1. The summed E-state index contributed by atoms with van der Waals surface area (Å²) in [4.78, 5) is 0. The summed E-state index contributed by atoms with van der Waals surface area (Å²) in [6, 6.07) is 8.04. The average molecular weight is 274 g/mol. The third-order valence-electron chi connectivity index (χ3n) is 3.52. The maximum absolute atomic E-state index is 9.54. The van der Waals surface area contributed by atoms with Gasteiger partial charge in [-0.1, -0.05) is 12.1 Å². The molecule has 0 amide bonds. The van der Waals surface area contributed by atoms with Crippen LogP contribution in [0.1, 0.15) is 17.5 Å². The molecule has 0 aliphatic carbocycles. The predicted octanol–water partition coefficient (Wildman–Crippen LogP) is 2.21. The van der Waals surface area contributed by atoms with Crippen LogP contribution in [0, 0.1) is 5.92 Å². The van der Waals surface area contributed by atoms with Gasteiger partial charge in [0, 0.05) is 19.9 Å². The standard InChI is InChI=1S/C16H22N2O2/c1-18-11-15(10-17-18)7-6-14(12-19)8-13-4-3-5-16(9-13)20-2/h3-5,9-11,14,19H,6-8,12H2,1-2H3. The molecule has 2 rings (SSSR count). The van der Waals surface area contributed by atoms with E-state index in [4.69, 9.17) is 4.74 Å². The van der Waals surface area contributed by atoms with Crippen molar-refractivity contribution >= 4 is 0 Å². The average Bonchev–Trinajstić information content (AvgIpc) is 2.89. The van der Waals surface area contributed by atoms with Gasteiger partial charge in [-0.15, -0.1) is 0 Å². The van der Waals surface area contributed by atoms with E-state index in [1.54, 1.807) is 7.11 Å². The molecule has 2 aromatic rings. The van der Waals surface area contributed by atoms with Crippen LogP contribution < -0.4 is 4.74 Å². The van der Waals surface area contributed by atoms with E-state index in [-0.39, 0.29) is 12.5 Å². The Bertz CT molecular complexity index is 537. The lowest BCUT2D eigenvalue weighted by Crippen LogP contribution is -2.11. The maximum Gasteiger partial charge on any atom is 0.119 e. The lowest BCUT2D eigenvalue weighted by atomic mass is 9.94. The molecule has 4 heteroatoms. The quantitative estimate of drug-likeness (QED) is 0.842. The molecule has 1 N–H and O–H groups in total. The number of hydrogen-bond donors (Lipinski definition) is 1. The lowest BCUT2D eigenvalue weighted by molar-refractivity contribution is 0.218. The summed E-state index contributed by atoms with van der Waals surface area (Å²) in [7, 11) is 3.59. The Kier molecular flexibility index (Phi) is 5.18. The van der Waals surface area contributed by atoms with Crippen molar-refractivity contribution in [3.8, 4) is 5.75 Å². The zero-order valence-electron chi connectivity index (χ0n) is 12.1. The second kappa shape index (κ2) is 7.10. The van der Waals surface area contributed by atoms with Gasteiger partial charge in [-0.2, -0.15) is 5.10 Å². The molecule has 1 heterocycles. The molecule has 0 aliphatic heterocycles. The molecular weight excluding hydrogens is 252 g/mol. The third kappa shape index (κ3) is 4.10. The van der Waals surface area contributed by atoms with E-state index in [1.165, 1.54) is 11.1 Å². The van der Waals surface area contributed by atoms with Crippen molar-refractivity contribution in [2.45, 2.75) is 19.3 Å². The number of aryl methyl sites for hydroxylation is 2. The van der Waals surface area contributed by atoms with Crippen molar-refractivity contribution in [2.24, 2.45) is 13.0 Å². The molecule has 4 nitrogen and oxygen atoms in total. The zero-order valence-corrected chi connectivity index (χ0v) is 12.1. The summed E-state index contributed by atoms with van der Waals surface area (Å²) in [5.41, 5.74) is 2.42. The summed E-state index contributed by atoms with van der Waals surface area (Å²) in [5.74, 6) is 1.13. The smallest absolute Gasteiger partial charge is 0.119 e. The second-order valence-corrected chi connectivity index (χ2v) is 5.17. The molecule has 0 saturated heterocycles. The van der Waals surface area contributed by atoms with Gasteiger partial charge < -0.3 is 9.84 Å². The van der Waals surface area contributed by atoms with Crippen molar-refractivity contribution in [3.05, 3.63) is 47.8 Å². The highest BCUT2D eigenvalue weighted by Gasteiger charge is 2.10. The number of hydrogen-bond acceptors (Lipinski definition) is 3. The first-order valence-electron chi connectivity index (χ1n) is 6.92. The Morgan fingerprint density at radius 1 is 1.35 bits per heavy atom. The van der Waals surface area contributed by atoms with Crippen LogP contribution in [0.4, 0.5) is 0 Å². The Labute approximate surface area is 120 Å². The SMILES string of the molecule is COc1cccc(CC(CO)CCc2cnn(C)c2)c1. The van der Waals surface area contributed by atoms with E-state index >= 15 is 0 Å². The van der Waals surface area contributed by atoms with E-state index in [0.29, 0.717) is 0 Å². The van der Waals surface area contributed by atoms with Crippen LogP contribution in [-0.2, 0) is 19.9 Å².